The summed E-state index contributed by atoms with van der Waals surface area (Å²) in [6, 6.07) is 9.90. The van der Waals surface area contributed by atoms with E-state index in [-0.39, 0.29) is 5.91 Å². The third kappa shape index (κ3) is 5.03. The second-order valence-electron chi connectivity index (χ2n) is 5.01. The first kappa shape index (κ1) is 16.9. The zero-order valence-corrected chi connectivity index (χ0v) is 13.5. The van der Waals surface area contributed by atoms with Gasteiger partial charge in [0.05, 0.1) is 19.0 Å². The first-order chi connectivity index (χ1) is 11.2. The van der Waals surface area contributed by atoms with Crippen LogP contribution in [0.5, 0.6) is 0 Å². The monoisotopic (exact) mass is 314 g/mol. The Morgan fingerprint density at radius 3 is 2.61 bits per heavy atom. The third-order valence-corrected chi connectivity index (χ3v) is 3.37. The molecule has 0 aliphatic carbocycles. The second-order valence-corrected chi connectivity index (χ2v) is 5.01. The summed E-state index contributed by atoms with van der Waals surface area (Å²) in [5, 5.41) is 3.07. The molecular formula is C17H22N4O2. The molecule has 23 heavy (non-hydrogen) atoms. The van der Waals surface area contributed by atoms with E-state index in [2.05, 4.69) is 15.3 Å². The zero-order valence-electron chi connectivity index (χ0n) is 13.5. The van der Waals surface area contributed by atoms with Crippen molar-refractivity contribution in [1.82, 2.24) is 14.9 Å². The molecule has 122 valence electrons. The highest BCUT2D eigenvalue weighted by molar-refractivity contribution is 5.92. The van der Waals surface area contributed by atoms with Crippen molar-refractivity contribution in [1.29, 1.82) is 0 Å². The molecule has 0 radical (unpaired) electrons. The van der Waals surface area contributed by atoms with Gasteiger partial charge < -0.3 is 15.0 Å². The van der Waals surface area contributed by atoms with Crippen LogP contribution in [0, 0.1) is 0 Å². The molecule has 6 heteroatoms. The third-order valence-electron chi connectivity index (χ3n) is 3.37. The minimum Gasteiger partial charge on any atom is -0.383 e. The van der Waals surface area contributed by atoms with Gasteiger partial charge in [0.25, 0.3) is 5.91 Å². The Morgan fingerprint density at radius 2 is 2.00 bits per heavy atom. The number of rotatable bonds is 8. The molecule has 0 aliphatic heterocycles. The van der Waals surface area contributed by atoms with Crippen molar-refractivity contribution in [3.05, 3.63) is 54.0 Å². The fraction of sp³-hybridized carbons (Fsp3) is 0.353. The number of hydrogen-bond donors (Lipinski definition) is 1. The molecule has 0 atom stereocenters. The number of carbonyl (C=O) groups excluding carboxylic acids is 1. The molecule has 0 saturated carbocycles. The summed E-state index contributed by atoms with van der Waals surface area (Å²) >= 11 is 0. The van der Waals surface area contributed by atoms with E-state index in [1.807, 2.05) is 37.3 Å². The van der Waals surface area contributed by atoms with E-state index in [1.54, 1.807) is 18.2 Å². The van der Waals surface area contributed by atoms with Gasteiger partial charge in [-0.25, -0.2) is 9.97 Å². The van der Waals surface area contributed by atoms with E-state index in [1.165, 1.54) is 6.20 Å². The lowest BCUT2D eigenvalue weighted by molar-refractivity contribution is 0.0746. The molecule has 0 saturated heterocycles. The maximum absolute atomic E-state index is 12.5. The zero-order chi connectivity index (χ0) is 16.5. The molecular weight excluding hydrogens is 292 g/mol. The van der Waals surface area contributed by atoms with Gasteiger partial charge >= 0.3 is 0 Å². The van der Waals surface area contributed by atoms with Gasteiger partial charge in [-0.15, -0.1) is 0 Å². The Labute approximate surface area is 136 Å². The average Bonchev–Trinajstić information content (AvgIpc) is 2.61. The van der Waals surface area contributed by atoms with Gasteiger partial charge in [-0.2, -0.15) is 0 Å². The van der Waals surface area contributed by atoms with Crippen molar-refractivity contribution in [2.24, 2.45) is 0 Å². The maximum atomic E-state index is 12.5. The molecule has 1 heterocycles. The molecule has 1 aromatic heterocycles. The fourth-order valence-electron chi connectivity index (χ4n) is 2.10. The van der Waals surface area contributed by atoms with Gasteiger partial charge in [-0.3, -0.25) is 4.79 Å². The summed E-state index contributed by atoms with van der Waals surface area (Å²) in [5.74, 6) is 0.511. The lowest BCUT2D eigenvalue weighted by atomic mass is 10.2. The Bertz CT molecular complexity index is 602. The normalized spacial score (nSPS) is 10.3. The Balaban J connectivity index is 2.00. The first-order valence-electron chi connectivity index (χ1n) is 7.62. The summed E-state index contributed by atoms with van der Waals surface area (Å²) in [4.78, 5) is 22.7. The number of hydrogen-bond acceptors (Lipinski definition) is 5. The molecule has 0 bridgehead atoms. The van der Waals surface area contributed by atoms with E-state index >= 15 is 0 Å². The minimum atomic E-state index is -0.118. The molecule has 2 aromatic rings. The van der Waals surface area contributed by atoms with E-state index in [4.69, 9.17) is 4.74 Å². The van der Waals surface area contributed by atoms with Crippen molar-refractivity contribution < 1.29 is 9.53 Å². The largest absolute Gasteiger partial charge is 0.383 e. The molecule has 1 aromatic carbocycles. The number of carbonyl (C=O) groups is 1. The number of ether oxygens (including phenoxy) is 1. The first-order valence-corrected chi connectivity index (χ1v) is 7.62. The average molecular weight is 314 g/mol. The number of nitrogens with one attached hydrogen (secondary N) is 1. The predicted octanol–water partition coefficient (Wildman–Crippen LogP) is 2.20. The molecule has 0 aliphatic rings. The number of amides is 1. The topological polar surface area (TPSA) is 67.4 Å². The highest BCUT2D eigenvalue weighted by Crippen LogP contribution is 2.09. The van der Waals surface area contributed by atoms with Gasteiger partial charge in [0.1, 0.15) is 11.5 Å². The van der Waals surface area contributed by atoms with E-state index in [0.717, 1.165) is 5.56 Å². The lowest BCUT2D eigenvalue weighted by Crippen LogP contribution is -2.31. The molecule has 0 fully saturated rings. The van der Waals surface area contributed by atoms with Crippen LogP contribution in [-0.4, -0.2) is 47.6 Å². The fourth-order valence-corrected chi connectivity index (χ4v) is 2.10. The summed E-state index contributed by atoms with van der Waals surface area (Å²) in [5.41, 5.74) is 1.44. The molecule has 1 amide bonds. The lowest BCUT2D eigenvalue weighted by Gasteiger charge is -2.20. The van der Waals surface area contributed by atoms with Gasteiger partial charge in [0, 0.05) is 26.7 Å². The summed E-state index contributed by atoms with van der Waals surface area (Å²) < 4.78 is 4.96. The quantitative estimate of drug-likeness (QED) is 0.757. The van der Waals surface area contributed by atoms with Crippen LogP contribution in [0.3, 0.4) is 0 Å². The van der Waals surface area contributed by atoms with Crippen LogP contribution in [0.15, 0.2) is 42.7 Å². The maximum Gasteiger partial charge on any atom is 0.274 e. The number of nitrogens with zero attached hydrogens (tertiary/aromatic N) is 3. The van der Waals surface area contributed by atoms with Crippen molar-refractivity contribution in [3.63, 3.8) is 0 Å². The van der Waals surface area contributed by atoms with Crippen LogP contribution in [0.25, 0.3) is 0 Å². The number of benzene rings is 1. The smallest absolute Gasteiger partial charge is 0.274 e. The number of aromatic nitrogens is 2. The van der Waals surface area contributed by atoms with Crippen molar-refractivity contribution in [2.75, 3.05) is 32.1 Å². The van der Waals surface area contributed by atoms with Crippen molar-refractivity contribution in [3.8, 4) is 0 Å². The minimum absolute atomic E-state index is 0.118. The van der Waals surface area contributed by atoms with Crippen LogP contribution in [-0.2, 0) is 11.3 Å². The van der Waals surface area contributed by atoms with Crippen LogP contribution in [0.2, 0.25) is 0 Å². The van der Waals surface area contributed by atoms with Gasteiger partial charge in [-0.1, -0.05) is 30.3 Å². The number of methoxy groups -OCH3 is 1. The van der Waals surface area contributed by atoms with Crippen LogP contribution >= 0.6 is 0 Å². The summed E-state index contributed by atoms with van der Waals surface area (Å²) in [6.45, 7) is 4.36. The van der Waals surface area contributed by atoms with E-state index < -0.39 is 0 Å². The highest BCUT2D eigenvalue weighted by atomic mass is 16.5. The Hall–Kier alpha value is -2.47. The van der Waals surface area contributed by atoms with Gasteiger partial charge in [0.2, 0.25) is 0 Å². The molecule has 2 rings (SSSR count). The predicted molar refractivity (Wildman–Crippen MR) is 89.3 cm³/mol. The standard InChI is InChI=1S/C17H22N4O2/c1-3-21(13-14-7-5-4-6-8-14)17(22)15-11-20-16(12-19-15)18-9-10-23-2/h4-8,11-12H,3,9-10,13H2,1-2H3,(H,18,20). The molecule has 0 spiro atoms. The van der Waals surface area contributed by atoms with Gasteiger partial charge in [0.15, 0.2) is 0 Å². The van der Waals surface area contributed by atoms with E-state index in [9.17, 15) is 4.79 Å². The SMILES string of the molecule is CCN(Cc1ccccc1)C(=O)c1cnc(NCCOC)cn1. The van der Waals surface area contributed by atoms with Crippen LogP contribution < -0.4 is 5.32 Å². The van der Waals surface area contributed by atoms with Crippen molar-refractivity contribution in [2.45, 2.75) is 13.5 Å². The van der Waals surface area contributed by atoms with Gasteiger partial charge in [-0.05, 0) is 12.5 Å². The second kappa shape index (κ2) is 8.85. The Morgan fingerprint density at radius 1 is 1.22 bits per heavy atom. The van der Waals surface area contributed by atoms with E-state index in [0.29, 0.717) is 37.8 Å². The number of anilines is 1. The Kier molecular flexibility index (Phi) is 6.50. The molecule has 1 N–H and O–H groups in total. The van der Waals surface area contributed by atoms with Crippen LogP contribution in [0.1, 0.15) is 23.0 Å². The summed E-state index contributed by atoms with van der Waals surface area (Å²) in [7, 11) is 1.64. The molecule has 0 unspecified atom stereocenters. The molecule has 6 nitrogen and oxygen atoms in total. The summed E-state index contributed by atoms with van der Waals surface area (Å²) in [6.07, 6.45) is 3.07. The van der Waals surface area contributed by atoms with Crippen molar-refractivity contribution >= 4 is 11.7 Å². The highest BCUT2D eigenvalue weighted by Gasteiger charge is 2.16. The van der Waals surface area contributed by atoms with Crippen LogP contribution in [0.4, 0.5) is 5.82 Å².